The van der Waals surface area contributed by atoms with Gasteiger partial charge in [0.2, 0.25) is 0 Å². The van der Waals surface area contributed by atoms with E-state index in [1.165, 1.54) is 39.3 Å². The maximum Gasteiger partial charge on any atom is 0.330 e. The van der Waals surface area contributed by atoms with Crippen LogP contribution in [0, 0.1) is 0 Å². The number of rotatable bonds is 8. The lowest BCUT2D eigenvalue weighted by Crippen LogP contribution is -1.98. The van der Waals surface area contributed by atoms with E-state index in [4.69, 9.17) is 10.2 Å². The van der Waals surface area contributed by atoms with Gasteiger partial charge in [0.05, 0.1) is 0 Å². The highest BCUT2D eigenvalue weighted by Gasteiger charge is 2.01. The van der Waals surface area contributed by atoms with Crippen LogP contribution in [-0.4, -0.2) is 35.2 Å². The maximum absolute atomic E-state index is 10.3. The Balaban J connectivity index is 0. The van der Waals surface area contributed by atoms with Gasteiger partial charge in [0.1, 0.15) is 0 Å². The summed E-state index contributed by atoms with van der Waals surface area (Å²) in [7, 11) is 0. The number of hydrogen-bond donors (Lipinski definition) is 3. The van der Waals surface area contributed by atoms with Gasteiger partial charge < -0.3 is 15.5 Å². The van der Waals surface area contributed by atoms with Crippen molar-refractivity contribution < 1.29 is 19.8 Å². The molecule has 1 aliphatic heterocycles. The molecule has 0 saturated carbocycles. The smallest absolute Gasteiger partial charge is 0.330 e. The van der Waals surface area contributed by atoms with Crippen LogP contribution in [0.1, 0.15) is 52.4 Å². The van der Waals surface area contributed by atoms with Crippen LogP contribution >= 0.6 is 0 Å². The first-order valence-electron chi connectivity index (χ1n) is 7.33. The third-order valence-corrected chi connectivity index (χ3v) is 2.50. The Morgan fingerprint density at radius 1 is 1.00 bits per heavy atom. The first-order valence-corrected chi connectivity index (χ1v) is 7.33. The van der Waals surface area contributed by atoms with Gasteiger partial charge in [0.15, 0.2) is 0 Å². The third-order valence-electron chi connectivity index (χ3n) is 2.50. The maximum atomic E-state index is 10.3. The van der Waals surface area contributed by atoms with Crippen LogP contribution in [0.15, 0.2) is 24.3 Å². The normalized spacial score (nSPS) is 11.1. The van der Waals surface area contributed by atoms with Crippen molar-refractivity contribution in [3.63, 3.8) is 0 Å². The van der Waals surface area contributed by atoms with E-state index in [2.05, 4.69) is 25.4 Å². The highest BCUT2D eigenvalue weighted by atomic mass is 16.4. The van der Waals surface area contributed by atoms with Crippen molar-refractivity contribution in [3.05, 3.63) is 24.3 Å². The number of carboxylic acids is 2. The zero-order valence-electron chi connectivity index (χ0n) is 13.3. The number of aliphatic carboxylic acids is 2. The van der Waals surface area contributed by atoms with E-state index in [0.717, 1.165) is 12.8 Å². The van der Waals surface area contributed by atoms with Crippen LogP contribution in [0.25, 0.3) is 0 Å². The second-order valence-corrected chi connectivity index (χ2v) is 4.91. The Morgan fingerprint density at radius 2 is 1.43 bits per heavy atom. The minimum Gasteiger partial charge on any atom is -0.478 e. The molecule has 1 rings (SSSR count). The number of carboxylic acid groups (broad SMARTS) is 2. The van der Waals surface area contributed by atoms with Gasteiger partial charge in [-0.15, -0.1) is 0 Å². The van der Waals surface area contributed by atoms with Crippen molar-refractivity contribution in [3.8, 4) is 0 Å². The summed E-state index contributed by atoms with van der Waals surface area (Å²) in [5.41, 5.74) is 0.515. The monoisotopic (exact) mass is 299 g/mol. The molecule has 1 aliphatic rings. The first kappa shape index (κ1) is 21.7. The second-order valence-electron chi connectivity index (χ2n) is 4.91. The molecule has 1 fully saturated rings. The van der Waals surface area contributed by atoms with E-state index in [1.54, 1.807) is 0 Å². The molecule has 0 aromatic carbocycles. The van der Waals surface area contributed by atoms with Crippen molar-refractivity contribution in [1.82, 2.24) is 5.32 Å². The molecule has 0 radical (unpaired) electrons. The minimum atomic E-state index is -0.935. The predicted molar refractivity (Wildman–Crippen MR) is 85.5 cm³/mol. The van der Waals surface area contributed by atoms with Gasteiger partial charge in [-0.2, -0.15) is 0 Å². The van der Waals surface area contributed by atoms with Gasteiger partial charge in [-0.25, -0.2) is 9.59 Å². The Kier molecular flexibility index (Phi) is 15.3. The lowest BCUT2D eigenvalue weighted by molar-refractivity contribution is -0.133. The van der Waals surface area contributed by atoms with Crippen molar-refractivity contribution in [2.24, 2.45) is 0 Å². The Morgan fingerprint density at radius 3 is 1.71 bits per heavy atom. The fraction of sp³-hybridized carbons (Fsp3) is 0.625. The highest BCUT2D eigenvalue weighted by Crippen LogP contribution is 2.09. The van der Waals surface area contributed by atoms with E-state index in [9.17, 15) is 9.59 Å². The summed E-state index contributed by atoms with van der Waals surface area (Å²) >= 11 is 0. The molecule has 1 heterocycles. The Hall–Kier alpha value is -1.62. The number of carbonyl (C=O) groups is 2. The van der Waals surface area contributed by atoms with Crippen LogP contribution in [-0.2, 0) is 9.59 Å². The van der Waals surface area contributed by atoms with E-state index in [0.29, 0.717) is 12.0 Å². The summed E-state index contributed by atoms with van der Waals surface area (Å²) in [6.07, 6.45) is 6.41. The SMILES string of the molecule is C1CN1.C=C(C)C(=O)O.C=C(CCCCCCC)C(=O)O. The van der Waals surface area contributed by atoms with Crippen LogP contribution in [0.3, 0.4) is 0 Å². The molecule has 21 heavy (non-hydrogen) atoms. The van der Waals surface area contributed by atoms with Gasteiger partial charge in [-0.3, -0.25) is 0 Å². The Bertz CT molecular complexity index is 320. The van der Waals surface area contributed by atoms with Gasteiger partial charge in [-0.05, 0) is 19.8 Å². The molecule has 0 aromatic heterocycles. The van der Waals surface area contributed by atoms with Gasteiger partial charge in [0.25, 0.3) is 0 Å². The number of nitrogens with one attached hydrogen (secondary N) is 1. The summed E-state index contributed by atoms with van der Waals surface area (Å²) in [5, 5.41) is 19.4. The molecule has 0 atom stereocenters. The molecule has 0 aromatic rings. The van der Waals surface area contributed by atoms with Crippen molar-refractivity contribution in [2.75, 3.05) is 13.1 Å². The zero-order chi connectivity index (χ0) is 16.7. The minimum absolute atomic E-state index is 0.176. The molecule has 0 unspecified atom stereocenters. The molecule has 122 valence electrons. The molecule has 1 saturated heterocycles. The number of unbranched alkanes of at least 4 members (excludes halogenated alkanes) is 4. The molecule has 3 N–H and O–H groups in total. The predicted octanol–water partition coefficient (Wildman–Crippen LogP) is 3.22. The molecule has 0 bridgehead atoms. The van der Waals surface area contributed by atoms with Crippen molar-refractivity contribution in [2.45, 2.75) is 52.4 Å². The summed E-state index contributed by atoms with van der Waals surface area (Å²) in [4.78, 5) is 19.9. The molecule has 0 spiro atoms. The lowest BCUT2D eigenvalue weighted by atomic mass is 10.1. The summed E-state index contributed by atoms with van der Waals surface area (Å²) in [6, 6.07) is 0. The molecule has 5 nitrogen and oxygen atoms in total. The zero-order valence-corrected chi connectivity index (χ0v) is 13.3. The second kappa shape index (κ2) is 14.8. The molecular weight excluding hydrogens is 270 g/mol. The average molecular weight is 299 g/mol. The quantitative estimate of drug-likeness (QED) is 0.363. The summed E-state index contributed by atoms with van der Waals surface area (Å²) in [6.45, 7) is 12.7. The van der Waals surface area contributed by atoms with Gasteiger partial charge in [0, 0.05) is 24.2 Å². The summed E-state index contributed by atoms with van der Waals surface area (Å²) in [5.74, 6) is -1.79. The van der Waals surface area contributed by atoms with Crippen LogP contribution < -0.4 is 5.32 Å². The van der Waals surface area contributed by atoms with Crippen molar-refractivity contribution in [1.29, 1.82) is 0 Å². The lowest BCUT2D eigenvalue weighted by Gasteiger charge is -1.99. The molecule has 5 heteroatoms. The Labute approximate surface area is 127 Å². The number of hydrogen-bond acceptors (Lipinski definition) is 3. The van der Waals surface area contributed by atoms with E-state index >= 15 is 0 Å². The van der Waals surface area contributed by atoms with Gasteiger partial charge in [-0.1, -0.05) is 45.8 Å². The molecule has 0 aliphatic carbocycles. The standard InChI is InChI=1S/C10H18O2.C4H6O2.C2H5N/c1-3-4-5-6-7-8-9(2)10(11)12;1-3(2)4(5)6;1-2-3-1/h2-8H2,1H3,(H,11,12);1H2,2H3,(H,5,6);3H,1-2H2. The molecular formula is C16H29NO4. The molecule has 0 amide bonds. The highest BCUT2D eigenvalue weighted by molar-refractivity contribution is 5.85. The third kappa shape index (κ3) is 23.8. The fourth-order valence-electron chi connectivity index (χ4n) is 1.05. The largest absolute Gasteiger partial charge is 0.478 e. The first-order chi connectivity index (χ1) is 9.82. The van der Waals surface area contributed by atoms with E-state index < -0.39 is 11.9 Å². The summed E-state index contributed by atoms with van der Waals surface area (Å²) < 4.78 is 0. The van der Waals surface area contributed by atoms with E-state index in [1.807, 2.05) is 0 Å². The van der Waals surface area contributed by atoms with Crippen LogP contribution in [0.5, 0.6) is 0 Å². The fourth-order valence-corrected chi connectivity index (χ4v) is 1.05. The van der Waals surface area contributed by atoms with Gasteiger partial charge >= 0.3 is 11.9 Å². The topological polar surface area (TPSA) is 96.5 Å². The average Bonchev–Trinajstić information content (AvgIpc) is 3.26. The van der Waals surface area contributed by atoms with Crippen molar-refractivity contribution >= 4 is 11.9 Å². The van der Waals surface area contributed by atoms with E-state index in [-0.39, 0.29) is 5.57 Å². The van der Waals surface area contributed by atoms with Crippen LogP contribution in [0.4, 0.5) is 0 Å². The van der Waals surface area contributed by atoms with Crippen LogP contribution in [0.2, 0.25) is 0 Å².